The third kappa shape index (κ3) is 10.0. The Morgan fingerprint density at radius 2 is 1.70 bits per heavy atom. The first kappa shape index (κ1) is 23.0. The molecule has 0 aromatic heterocycles. The first-order valence-electron chi connectivity index (χ1n) is 9.81. The van der Waals surface area contributed by atoms with E-state index in [2.05, 4.69) is 20.8 Å². The molecule has 0 saturated carbocycles. The molecule has 1 aromatic rings. The Kier molecular flexibility index (Phi) is 9.90. The van der Waals surface area contributed by atoms with Crippen LogP contribution in [0, 0.1) is 5.41 Å². The van der Waals surface area contributed by atoms with E-state index in [1.807, 2.05) is 24.3 Å². The van der Waals surface area contributed by atoms with Crippen LogP contribution in [0.1, 0.15) is 65.4 Å². The molecule has 0 radical (unpaired) electrons. The van der Waals surface area contributed by atoms with Crippen LogP contribution in [0.2, 0.25) is 0 Å². The maximum absolute atomic E-state index is 12.7. The average molecular weight is 378 g/mol. The second kappa shape index (κ2) is 11.6. The van der Waals surface area contributed by atoms with Crippen molar-refractivity contribution in [2.24, 2.45) is 5.41 Å². The van der Waals surface area contributed by atoms with Gasteiger partial charge in [-0.15, -0.1) is 0 Å². The number of ether oxygens (including phenoxy) is 2. The number of methoxy groups -OCH3 is 1. The van der Waals surface area contributed by atoms with Crippen molar-refractivity contribution in [1.29, 1.82) is 0 Å². The van der Waals surface area contributed by atoms with Crippen molar-refractivity contribution in [3.63, 3.8) is 0 Å². The van der Waals surface area contributed by atoms with E-state index >= 15 is 0 Å². The third-order valence-corrected chi connectivity index (χ3v) is 4.34. The quantitative estimate of drug-likeness (QED) is 0.418. The minimum Gasteiger partial charge on any atom is -0.497 e. The van der Waals surface area contributed by atoms with Crippen LogP contribution in [0.4, 0.5) is 0 Å². The van der Waals surface area contributed by atoms with E-state index < -0.39 is 0 Å². The van der Waals surface area contributed by atoms with E-state index in [4.69, 9.17) is 9.47 Å². The number of amides is 1. The van der Waals surface area contributed by atoms with E-state index in [9.17, 15) is 9.59 Å². The molecule has 152 valence electrons. The Labute approximate surface area is 164 Å². The molecular formula is C22H35NO4. The molecular weight excluding hydrogens is 342 g/mol. The number of benzene rings is 1. The Morgan fingerprint density at radius 1 is 1.04 bits per heavy atom. The molecule has 5 nitrogen and oxygen atoms in total. The van der Waals surface area contributed by atoms with Gasteiger partial charge in [0, 0.05) is 19.5 Å². The number of esters is 1. The molecule has 5 heteroatoms. The van der Waals surface area contributed by atoms with Crippen molar-refractivity contribution < 1.29 is 19.1 Å². The number of hydrogen-bond acceptors (Lipinski definition) is 4. The molecule has 1 aromatic carbocycles. The molecule has 0 atom stereocenters. The Balaban J connectivity index is 2.64. The van der Waals surface area contributed by atoms with Gasteiger partial charge in [0.05, 0.1) is 20.1 Å². The average Bonchev–Trinajstić information content (AvgIpc) is 2.62. The van der Waals surface area contributed by atoms with Crippen molar-refractivity contribution in [3.05, 3.63) is 29.8 Å². The zero-order valence-corrected chi connectivity index (χ0v) is 17.5. The lowest BCUT2D eigenvalue weighted by Gasteiger charge is -2.23. The van der Waals surface area contributed by atoms with Gasteiger partial charge in [-0.25, -0.2) is 0 Å². The summed E-state index contributed by atoms with van der Waals surface area (Å²) in [4.78, 5) is 26.2. The van der Waals surface area contributed by atoms with Crippen LogP contribution < -0.4 is 4.74 Å². The molecule has 0 spiro atoms. The van der Waals surface area contributed by atoms with E-state index in [0.29, 0.717) is 26.1 Å². The normalized spacial score (nSPS) is 11.1. The minimum atomic E-state index is -0.266. The van der Waals surface area contributed by atoms with Gasteiger partial charge in [0.1, 0.15) is 5.75 Å². The lowest BCUT2D eigenvalue weighted by Crippen LogP contribution is -2.32. The Hall–Kier alpha value is -2.04. The molecule has 0 unspecified atom stereocenters. The van der Waals surface area contributed by atoms with Crippen molar-refractivity contribution in [1.82, 2.24) is 4.90 Å². The van der Waals surface area contributed by atoms with Gasteiger partial charge in [0.2, 0.25) is 5.91 Å². The van der Waals surface area contributed by atoms with Gasteiger partial charge in [-0.2, -0.15) is 0 Å². The highest BCUT2D eigenvalue weighted by molar-refractivity contribution is 5.77. The summed E-state index contributed by atoms with van der Waals surface area (Å²) in [6.07, 6.45) is 3.73. The highest BCUT2D eigenvalue weighted by Crippen LogP contribution is 2.22. The second-order valence-corrected chi connectivity index (χ2v) is 7.99. The standard InChI is InChI=1S/C22H35NO4/c1-6-27-21(25)14-16-23(17-18-10-12-19(26-5)13-11-18)20(24)9-7-8-15-22(2,3)4/h10-13H,6-9,14-17H2,1-5H3. The summed E-state index contributed by atoms with van der Waals surface area (Å²) in [5.74, 6) is 0.604. The lowest BCUT2D eigenvalue weighted by molar-refractivity contribution is -0.144. The first-order valence-corrected chi connectivity index (χ1v) is 9.81. The molecule has 0 N–H and O–H groups in total. The summed E-state index contributed by atoms with van der Waals surface area (Å²) < 4.78 is 10.2. The molecule has 0 bridgehead atoms. The van der Waals surface area contributed by atoms with Crippen LogP contribution in [0.25, 0.3) is 0 Å². The monoisotopic (exact) mass is 377 g/mol. The smallest absolute Gasteiger partial charge is 0.307 e. The van der Waals surface area contributed by atoms with Gasteiger partial charge < -0.3 is 14.4 Å². The number of carbonyl (C=O) groups excluding carboxylic acids is 2. The summed E-state index contributed by atoms with van der Waals surface area (Å²) in [6.45, 7) is 9.65. The molecule has 0 aliphatic carbocycles. The predicted octanol–water partition coefficient (Wildman–Crippen LogP) is 4.58. The van der Waals surface area contributed by atoms with Crippen LogP contribution in [0.5, 0.6) is 5.75 Å². The van der Waals surface area contributed by atoms with Crippen molar-refractivity contribution in [3.8, 4) is 5.75 Å². The number of nitrogens with zero attached hydrogens (tertiary/aromatic N) is 1. The van der Waals surface area contributed by atoms with E-state index in [0.717, 1.165) is 30.6 Å². The van der Waals surface area contributed by atoms with Crippen LogP contribution in [0.15, 0.2) is 24.3 Å². The molecule has 0 aliphatic heterocycles. The second-order valence-electron chi connectivity index (χ2n) is 7.99. The fraction of sp³-hybridized carbons (Fsp3) is 0.636. The number of carbonyl (C=O) groups is 2. The zero-order valence-electron chi connectivity index (χ0n) is 17.5. The van der Waals surface area contributed by atoms with Crippen LogP contribution in [0.3, 0.4) is 0 Å². The third-order valence-electron chi connectivity index (χ3n) is 4.34. The van der Waals surface area contributed by atoms with Gasteiger partial charge in [-0.3, -0.25) is 9.59 Å². The summed E-state index contributed by atoms with van der Waals surface area (Å²) in [7, 11) is 1.63. The molecule has 1 rings (SSSR count). The summed E-state index contributed by atoms with van der Waals surface area (Å²) >= 11 is 0. The molecule has 0 aliphatic rings. The van der Waals surface area contributed by atoms with Gasteiger partial charge in [-0.1, -0.05) is 39.3 Å². The largest absolute Gasteiger partial charge is 0.497 e. The molecule has 0 saturated heterocycles. The fourth-order valence-electron chi connectivity index (χ4n) is 2.79. The number of unbranched alkanes of at least 4 members (excludes halogenated alkanes) is 1. The topological polar surface area (TPSA) is 55.8 Å². The molecule has 0 fully saturated rings. The zero-order chi connectivity index (χ0) is 20.3. The maximum Gasteiger partial charge on any atom is 0.307 e. The molecule has 1 amide bonds. The van der Waals surface area contributed by atoms with E-state index in [1.165, 1.54) is 0 Å². The van der Waals surface area contributed by atoms with Crippen molar-refractivity contribution >= 4 is 11.9 Å². The Morgan fingerprint density at radius 3 is 2.26 bits per heavy atom. The van der Waals surface area contributed by atoms with Crippen LogP contribution in [-0.4, -0.2) is 37.0 Å². The summed E-state index contributed by atoms with van der Waals surface area (Å²) in [5.41, 5.74) is 1.30. The number of hydrogen-bond donors (Lipinski definition) is 0. The SMILES string of the molecule is CCOC(=O)CCN(Cc1ccc(OC)cc1)C(=O)CCCCC(C)(C)C. The van der Waals surface area contributed by atoms with Gasteiger partial charge >= 0.3 is 5.97 Å². The molecule has 0 heterocycles. The highest BCUT2D eigenvalue weighted by atomic mass is 16.5. The van der Waals surface area contributed by atoms with Gasteiger partial charge in [0.15, 0.2) is 0 Å². The maximum atomic E-state index is 12.7. The summed E-state index contributed by atoms with van der Waals surface area (Å²) in [6, 6.07) is 7.66. The van der Waals surface area contributed by atoms with Gasteiger partial charge in [-0.05, 0) is 42.9 Å². The first-order chi connectivity index (χ1) is 12.7. The lowest BCUT2D eigenvalue weighted by atomic mass is 9.89. The fourth-order valence-corrected chi connectivity index (χ4v) is 2.79. The minimum absolute atomic E-state index is 0.0871. The van der Waals surface area contributed by atoms with Crippen molar-refractivity contribution in [2.45, 2.75) is 66.3 Å². The highest BCUT2D eigenvalue weighted by Gasteiger charge is 2.17. The van der Waals surface area contributed by atoms with Crippen molar-refractivity contribution in [2.75, 3.05) is 20.3 Å². The van der Waals surface area contributed by atoms with E-state index in [-0.39, 0.29) is 23.7 Å². The summed E-state index contributed by atoms with van der Waals surface area (Å²) in [5, 5.41) is 0. The number of rotatable bonds is 11. The Bertz CT molecular complexity index is 575. The predicted molar refractivity (Wildman–Crippen MR) is 108 cm³/mol. The van der Waals surface area contributed by atoms with Gasteiger partial charge in [0.25, 0.3) is 0 Å². The van der Waals surface area contributed by atoms with Crippen LogP contribution >= 0.6 is 0 Å². The van der Waals surface area contributed by atoms with Crippen LogP contribution in [-0.2, 0) is 20.9 Å². The molecule has 27 heavy (non-hydrogen) atoms. The van der Waals surface area contributed by atoms with E-state index in [1.54, 1.807) is 18.9 Å².